The lowest BCUT2D eigenvalue weighted by molar-refractivity contribution is -0.0266. The first-order valence-corrected chi connectivity index (χ1v) is 11.7. The number of hydrogen-bond acceptors (Lipinski definition) is 7. The molecule has 1 atom stereocenters. The van der Waals surface area contributed by atoms with Crippen molar-refractivity contribution in [1.29, 1.82) is 0 Å². The van der Waals surface area contributed by atoms with E-state index in [0.29, 0.717) is 17.5 Å². The largest absolute Gasteiger partial charge is 0.342 e. The topological polar surface area (TPSA) is 75.0 Å². The Hall–Kier alpha value is -3.04. The fourth-order valence-electron chi connectivity index (χ4n) is 4.40. The summed E-state index contributed by atoms with van der Waals surface area (Å²) < 4.78 is 28.9. The van der Waals surface area contributed by atoms with Crippen LogP contribution < -0.4 is 15.1 Å². The molecule has 0 radical (unpaired) electrons. The van der Waals surface area contributed by atoms with Gasteiger partial charge in [0.05, 0.1) is 24.0 Å². The van der Waals surface area contributed by atoms with Gasteiger partial charge in [-0.15, -0.1) is 0 Å². The van der Waals surface area contributed by atoms with Crippen molar-refractivity contribution in [1.82, 2.24) is 24.7 Å². The van der Waals surface area contributed by atoms with Gasteiger partial charge in [0.15, 0.2) is 5.82 Å². The number of aromatic nitrogens is 5. The van der Waals surface area contributed by atoms with E-state index < -0.39 is 5.92 Å². The third kappa shape index (κ3) is 4.30. The second-order valence-corrected chi connectivity index (χ2v) is 9.36. The first kappa shape index (κ1) is 21.8. The molecule has 176 valence electrons. The van der Waals surface area contributed by atoms with E-state index in [4.69, 9.17) is 4.98 Å². The molecule has 3 aromatic rings. The standard InChI is InChI=1S/C23H30F2N8/c1-4-16(3)33-18-11-20(27-12-17(18)21(30-33)32-13-23(24,25)14-32)28-19-5-8-26-22(29-19)31-9-6-15(2)7-10-31/h5,8,11-12,15-16H,4,6-7,9-10,13-14H2,1-3H3,(H,26,27,28,29). The lowest BCUT2D eigenvalue weighted by Gasteiger charge is -2.39. The first-order chi connectivity index (χ1) is 15.8. The van der Waals surface area contributed by atoms with Gasteiger partial charge in [0.25, 0.3) is 5.92 Å². The van der Waals surface area contributed by atoms with Gasteiger partial charge in [-0.3, -0.25) is 4.68 Å². The van der Waals surface area contributed by atoms with Crippen molar-refractivity contribution in [3.8, 4) is 0 Å². The van der Waals surface area contributed by atoms with E-state index in [-0.39, 0.29) is 19.1 Å². The van der Waals surface area contributed by atoms with Crippen LogP contribution in [-0.4, -0.2) is 56.8 Å². The molecule has 2 fully saturated rings. The van der Waals surface area contributed by atoms with Gasteiger partial charge in [0, 0.05) is 37.6 Å². The number of fused-ring (bicyclic) bond motifs is 1. The summed E-state index contributed by atoms with van der Waals surface area (Å²) in [5.74, 6) is 0.671. The number of hydrogen-bond donors (Lipinski definition) is 1. The minimum Gasteiger partial charge on any atom is -0.342 e. The number of rotatable bonds is 6. The second kappa shape index (κ2) is 8.39. The molecular weight excluding hydrogens is 426 g/mol. The Morgan fingerprint density at radius 1 is 1.15 bits per heavy atom. The third-order valence-electron chi connectivity index (χ3n) is 6.69. The third-order valence-corrected chi connectivity index (χ3v) is 6.69. The molecule has 1 N–H and O–H groups in total. The predicted molar refractivity (Wildman–Crippen MR) is 126 cm³/mol. The molecule has 2 aliphatic heterocycles. The minimum absolute atomic E-state index is 0.130. The van der Waals surface area contributed by atoms with Crippen LogP contribution in [0.3, 0.4) is 0 Å². The first-order valence-electron chi connectivity index (χ1n) is 11.7. The van der Waals surface area contributed by atoms with Crippen LogP contribution in [0.2, 0.25) is 0 Å². The van der Waals surface area contributed by atoms with E-state index in [0.717, 1.165) is 55.1 Å². The Morgan fingerprint density at radius 3 is 2.61 bits per heavy atom. The molecule has 0 bridgehead atoms. The summed E-state index contributed by atoms with van der Waals surface area (Å²) in [6, 6.07) is 3.87. The van der Waals surface area contributed by atoms with Gasteiger partial charge in [0.1, 0.15) is 11.6 Å². The van der Waals surface area contributed by atoms with Gasteiger partial charge in [0.2, 0.25) is 5.95 Å². The number of halogens is 2. The number of anilines is 4. The SMILES string of the molecule is CCC(C)n1nc(N2CC(F)(F)C2)c2cnc(Nc3ccnc(N4CCC(C)CC4)n3)cc21. The average molecular weight is 457 g/mol. The van der Waals surface area contributed by atoms with Crippen LogP contribution in [0, 0.1) is 5.92 Å². The fraction of sp³-hybridized carbons (Fsp3) is 0.565. The zero-order valence-electron chi connectivity index (χ0n) is 19.3. The van der Waals surface area contributed by atoms with Gasteiger partial charge >= 0.3 is 0 Å². The molecule has 2 aliphatic rings. The fourth-order valence-corrected chi connectivity index (χ4v) is 4.40. The molecule has 1 unspecified atom stereocenters. The van der Waals surface area contributed by atoms with Gasteiger partial charge in [-0.05, 0) is 38.2 Å². The second-order valence-electron chi connectivity index (χ2n) is 9.36. The number of piperidine rings is 1. The minimum atomic E-state index is -2.65. The molecule has 10 heteroatoms. The molecule has 0 saturated carbocycles. The summed E-state index contributed by atoms with van der Waals surface area (Å²) in [5.41, 5.74) is 0.867. The highest BCUT2D eigenvalue weighted by Crippen LogP contribution is 2.37. The molecule has 0 spiro atoms. The molecule has 3 aromatic heterocycles. The summed E-state index contributed by atoms with van der Waals surface area (Å²) in [5, 5.41) is 8.75. The van der Waals surface area contributed by atoms with Crippen molar-refractivity contribution in [3.05, 3.63) is 24.5 Å². The van der Waals surface area contributed by atoms with E-state index in [2.05, 4.69) is 46.1 Å². The molecule has 0 aromatic carbocycles. The van der Waals surface area contributed by atoms with E-state index in [1.54, 1.807) is 17.3 Å². The van der Waals surface area contributed by atoms with Crippen molar-refractivity contribution >= 4 is 34.3 Å². The van der Waals surface area contributed by atoms with E-state index >= 15 is 0 Å². The monoisotopic (exact) mass is 456 g/mol. The summed E-state index contributed by atoms with van der Waals surface area (Å²) >= 11 is 0. The zero-order valence-corrected chi connectivity index (χ0v) is 19.3. The molecule has 33 heavy (non-hydrogen) atoms. The molecule has 5 heterocycles. The lowest BCUT2D eigenvalue weighted by Crippen LogP contribution is -2.56. The van der Waals surface area contributed by atoms with E-state index in [9.17, 15) is 8.78 Å². The van der Waals surface area contributed by atoms with Crippen molar-refractivity contribution < 1.29 is 8.78 Å². The molecular formula is C23H30F2N8. The highest BCUT2D eigenvalue weighted by atomic mass is 19.3. The maximum absolute atomic E-state index is 13.5. The highest BCUT2D eigenvalue weighted by molar-refractivity contribution is 5.92. The highest BCUT2D eigenvalue weighted by Gasteiger charge is 2.45. The Balaban J connectivity index is 1.42. The quantitative estimate of drug-likeness (QED) is 0.580. The lowest BCUT2D eigenvalue weighted by atomic mass is 10.00. The van der Waals surface area contributed by atoms with Crippen molar-refractivity contribution in [3.63, 3.8) is 0 Å². The summed E-state index contributed by atoms with van der Waals surface area (Å²) in [6.45, 7) is 7.74. The summed E-state index contributed by atoms with van der Waals surface area (Å²) in [6.07, 6.45) is 6.63. The van der Waals surface area contributed by atoms with Crippen LogP contribution in [-0.2, 0) is 0 Å². The Bertz CT molecular complexity index is 1130. The van der Waals surface area contributed by atoms with Gasteiger partial charge in [-0.25, -0.2) is 18.7 Å². The molecule has 5 rings (SSSR count). The van der Waals surface area contributed by atoms with E-state index in [1.807, 2.05) is 16.8 Å². The van der Waals surface area contributed by atoms with Gasteiger partial charge in [-0.2, -0.15) is 10.1 Å². The Morgan fingerprint density at radius 2 is 1.91 bits per heavy atom. The van der Waals surface area contributed by atoms with Crippen LogP contribution in [0.1, 0.15) is 46.1 Å². The number of nitrogens with zero attached hydrogens (tertiary/aromatic N) is 7. The zero-order chi connectivity index (χ0) is 23.2. The molecule has 0 aliphatic carbocycles. The summed E-state index contributed by atoms with van der Waals surface area (Å²) in [4.78, 5) is 17.5. The normalized spacial score (nSPS) is 19.5. The van der Waals surface area contributed by atoms with E-state index in [1.165, 1.54) is 0 Å². The van der Waals surface area contributed by atoms with Gasteiger partial charge in [-0.1, -0.05) is 13.8 Å². The van der Waals surface area contributed by atoms with Crippen LogP contribution in [0.15, 0.2) is 24.5 Å². The number of alkyl halides is 2. The van der Waals surface area contributed by atoms with Crippen LogP contribution in [0.25, 0.3) is 10.9 Å². The predicted octanol–water partition coefficient (Wildman–Crippen LogP) is 4.63. The van der Waals surface area contributed by atoms with Crippen molar-refractivity contribution in [2.45, 2.75) is 52.0 Å². The van der Waals surface area contributed by atoms with Crippen molar-refractivity contribution in [2.24, 2.45) is 5.92 Å². The number of nitrogens with one attached hydrogen (secondary N) is 1. The van der Waals surface area contributed by atoms with Crippen LogP contribution in [0.5, 0.6) is 0 Å². The average Bonchev–Trinajstić information content (AvgIpc) is 3.16. The van der Waals surface area contributed by atoms with Gasteiger partial charge < -0.3 is 15.1 Å². The Kier molecular flexibility index (Phi) is 5.54. The maximum Gasteiger partial charge on any atom is 0.282 e. The molecule has 0 amide bonds. The summed E-state index contributed by atoms with van der Waals surface area (Å²) in [7, 11) is 0. The maximum atomic E-state index is 13.5. The molecule has 2 saturated heterocycles. The smallest absolute Gasteiger partial charge is 0.282 e. The van der Waals surface area contributed by atoms with Crippen molar-refractivity contribution in [2.75, 3.05) is 41.3 Å². The van der Waals surface area contributed by atoms with Crippen LogP contribution in [0.4, 0.5) is 32.2 Å². The Labute approximate surface area is 192 Å². The molecule has 8 nitrogen and oxygen atoms in total. The van der Waals surface area contributed by atoms with Crippen LogP contribution >= 0.6 is 0 Å². The number of pyridine rings is 1.